The molecular weight excluding hydrogens is 246 g/mol. The summed E-state index contributed by atoms with van der Waals surface area (Å²) in [4.78, 5) is 7.67. The number of pyridine rings is 1. The van der Waals surface area contributed by atoms with Gasteiger partial charge in [-0.25, -0.2) is 4.98 Å². The highest BCUT2D eigenvalue weighted by atomic mass is 35.5. The molecule has 88 valence electrons. The van der Waals surface area contributed by atoms with Crippen LogP contribution in [0.5, 0.6) is 0 Å². The molecule has 0 aromatic carbocycles. The summed E-state index contributed by atoms with van der Waals surface area (Å²) >= 11 is 7.52. The first-order valence-corrected chi connectivity index (χ1v) is 6.30. The molecule has 0 amide bonds. The van der Waals surface area contributed by atoms with E-state index in [9.17, 15) is 0 Å². The van der Waals surface area contributed by atoms with Crippen LogP contribution in [0.15, 0.2) is 17.2 Å². The molecule has 0 fully saturated rings. The Hall–Kier alpha value is -0.490. The van der Waals surface area contributed by atoms with Crippen molar-refractivity contribution in [1.82, 2.24) is 9.71 Å². The van der Waals surface area contributed by atoms with Gasteiger partial charge in [-0.15, -0.1) is 0 Å². The molecule has 1 aromatic heterocycles. The van der Waals surface area contributed by atoms with Crippen molar-refractivity contribution in [2.75, 3.05) is 38.3 Å². The average molecular weight is 260 g/mol. The molecule has 2 heterocycles. The molecular formula is C10H14ClN3OS. The van der Waals surface area contributed by atoms with Gasteiger partial charge in [-0.2, -0.15) is 0 Å². The van der Waals surface area contributed by atoms with Gasteiger partial charge in [0, 0.05) is 32.9 Å². The summed E-state index contributed by atoms with van der Waals surface area (Å²) in [7, 11) is 1.71. The van der Waals surface area contributed by atoms with E-state index in [1.807, 2.05) is 6.07 Å². The number of ether oxygens (including phenoxy) is 1. The number of nitrogens with one attached hydrogen (secondary N) is 1. The molecule has 0 radical (unpaired) electrons. The summed E-state index contributed by atoms with van der Waals surface area (Å²) in [6.07, 6.45) is 1.69. The number of fused-ring (bicyclic) bond motifs is 1. The Morgan fingerprint density at radius 1 is 1.69 bits per heavy atom. The van der Waals surface area contributed by atoms with E-state index in [4.69, 9.17) is 16.3 Å². The first-order valence-electron chi connectivity index (χ1n) is 5.10. The Bertz CT molecular complexity index is 364. The molecule has 4 nitrogen and oxygen atoms in total. The van der Waals surface area contributed by atoms with Gasteiger partial charge in [-0.3, -0.25) is 4.72 Å². The van der Waals surface area contributed by atoms with Crippen LogP contribution in [-0.4, -0.2) is 38.3 Å². The number of nitrogens with zero attached hydrogens (tertiary/aromatic N) is 2. The number of anilines is 1. The third kappa shape index (κ3) is 2.79. The van der Waals surface area contributed by atoms with Crippen LogP contribution in [0.25, 0.3) is 0 Å². The van der Waals surface area contributed by atoms with E-state index in [2.05, 4.69) is 14.6 Å². The van der Waals surface area contributed by atoms with Gasteiger partial charge in [-0.1, -0.05) is 11.6 Å². The lowest BCUT2D eigenvalue weighted by Crippen LogP contribution is -2.31. The maximum absolute atomic E-state index is 5.94. The normalized spacial score (nSPS) is 15.8. The van der Waals surface area contributed by atoms with Crippen LogP contribution >= 0.6 is 23.5 Å². The molecule has 0 atom stereocenters. The van der Waals surface area contributed by atoms with Crippen molar-refractivity contribution in [3.63, 3.8) is 0 Å². The van der Waals surface area contributed by atoms with Crippen LogP contribution in [0.1, 0.15) is 0 Å². The molecule has 0 unspecified atom stereocenters. The zero-order chi connectivity index (χ0) is 11.4. The molecule has 0 aliphatic carbocycles. The number of aromatic nitrogens is 1. The number of halogens is 1. The van der Waals surface area contributed by atoms with Crippen LogP contribution in [0.4, 0.5) is 5.82 Å². The lowest BCUT2D eigenvalue weighted by atomic mass is 10.4. The fourth-order valence-corrected chi connectivity index (χ4v) is 2.59. The molecule has 6 heteroatoms. The second-order valence-electron chi connectivity index (χ2n) is 3.45. The smallest absolute Gasteiger partial charge is 0.143 e. The third-order valence-corrected chi connectivity index (χ3v) is 3.41. The van der Waals surface area contributed by atoms with Crippen molar-refractivity contribution in [3.8, 4) is 0 Å². The Kier molecular flexibility index (Phi) is 4.29. The molecule has 0 saturated carbocycles. The van der Waals surface area contributed by atoms with Crippen LogP contribution < -0.4 is 9.62 Å². The summed E-state index contributed by atoms with van der Waals surface area (Å²) in [5.74, 6) is 0.983. The van der Waals surface area contributed by atoms with E-state index in [1.54, 1.807) is 25.3 Å². The highest BCUT2D eigenvalue weighted by molar-refractivity contribution is 7.97. The van der Waals surface area contributed by atoms with Crippen LogP contribution in [0.2, 0.25) is 5.02 Å². The molecule has 1 aliphatic rings. The lowest BCUT2D eigenvalue weighted by Gasteiger charge is -2.22. The van der Waals surface area contributed by atoms with Gasteiger partial charge in [0.1, 0.15) is 5.82 Å². The second-order valence-corrected chi connectivity index (χ2v) is 4.82. The molecule has 1 N–H and O–H groups in total. The van der Waals surface area contributed by atoms with Gasteiger partial charge < -0.3 is 9.64 Å². The van der Waals surface area contributed by atoms with Gasteiger partial charge in [0.15, 0.2) is 0 Å². The Balaban J connectivity index is 2.22. The van der Waals surface area contributed by atoms with Crippen molar-refractivity contribution in [2.24, 2.45) is 0 Å². The van der Waals surface area contributed by atoms with E-state index < -0.39 is 0 Å². The summed E-state index contributed by atoms with van der Waals surface area (Å²) in [5, 5.41) is 0.668. The van der Waals surface area contributed by atoms with Gasteiger partial charge in [0.05, 0.1) is 16.5 Å². The first kappa shape index (κ1) is 12.0. The minimum atomic E-state index is 0.668. The average Bonchev–Trinajstić information content (AvgIpc) is 2.48. The fourth-order valence-electron chi connectivity index (χ4n) is 1.56. The topological polar surface area (TPSA) is 37.4 Å². The number of hydrogen-bond acceptors (Lipinski definition) is 5. The predicted octanol–water partition coefficient (Wildman–Crippen LogP) is 1.80. The second kappa shape index (κ2) is 5.72. The maximum Gasteiger partial charge on any atom is 0.143 e. The van der Waals surface area contributed by atoms with Crippen molar-refractivity contribution < 1.29 is 4.74 Å². The molecule has 0 bridgehead atoms. The van der Waals surface area contributed by atoms with Crippen LogP contribution in [0, 0.1) is 0 Å². The quantitative estimate of drug-likeness (QED) is 0.838. The van der Waals surface area contributed by atoms with Crippen molar-refractivity contribution >= 4 is 29.4 Å². The van der Waals surface area contributed by atoms with E-state index in [1.165, 1.54) is 0 Å². The minimum Gasteiger partial charge on any atom is -0.383 e. The van der Waals surface area contributed by atoms with Gasteiger partial charge in [0.2, 0.25) is 0 Å². The molecule has 0 saturated heterocycles. The van der Waals surface area contributed by atoms with E-state index in [0.717, 1.165) is 30.3 Å². The fraction of sp³-hybridized carbons (Fsp3) is 0.500. The van der Waals surface area contributed by atoms with E-state index in [-0.39, 0.29) is 0 Å². The summed E-state index contributed by atoms with van der Waals surface area (Å²) in [6.45, 7) is 3.40. The molecule has 16 heavy (non-hydrogen) atoms. The number of methoxy groups -OCH3 is 1. The Morgan fingerprint density at radius 2 is 2.56 bits per heavy atom. The summed E-state index contributed by atoms with van der Waals surface area (Å²) in [6, 6.07) is 1.94. The highest BCUT2D eigenvalue weighted by Gasteiger charge is 2.16. The van der Waals surface area contributed by atoms with Gasteiger partial charge in [0.25, 0.3) is 0 Å². The van der Waals surface area contributed by atoms with Gasteiger partial charge in [-0.05, 0) is 18.0 Å². The lowest BCUT2D eigenvalue weighted by molar-refractivity contribution is 0.205. The largest absolute Gasteiger partial charge is 0.383 e. The molecule has 1 aromatic rings. The Morgan fingerprint density at radius 3 is 3.38 bits per heavy atom. The number of rotatable bonds is 3. The Labute approximate surface area is 104 Å². The third-order valence-electron chi connectivity index (χ3n) is 2.33. The summed E-state index contributed by atoms with van der Waals surface area (Å²) < 4.78 is 8.37. The van der Waals surface area contributed by atoms with E-state index >= 15 is 0 Å². The van der Waals surface area contributed by atoms with E-state index in [0.29, 0.717) is 11.6 Å². The van der Waals surface area contributed by atoms with Crippen LogP contribution in [0.3, 0.4) is 0 Å². The van der Waals surface area contributed by atoms with Crippen LogP contribution in [-0.2, 0) is 4.74 Å². The monoisotopic (exact) mass is 259 g/mol. The SMILES string of the molecule is COCCN1CCNSc2cc(Cl)cnc21. The molecule has 0 spiro atoms. The first-order chi connectivity index (χ1) is 7.81. The standard InChI is InChI=1S/C10H14ClN3OS/c1-15-5-4-14-3-2-13-16-9-6-8(11)7-12-10(9)14/h6-7,13H,2-5H2,1H3. The zero-order valence-corrected chi connectivity index (χ0v) is 10.6. The predicted molar refractivity (Wildman–Crippen MR) is 67.2 cm³/mol. The summed E-state index contributed by atoms with van der Waals surface area (Å²) in [5.41, 5.74) is 0. The number of hydrogen-bond donors (Lipinski definition) is 1. The highest BCUT2D eigenvalue weighted by Crippen LogP contribution is 2.30. The van der Waals surface area contributed by atoms with Crippen molar-refractivity contribution in [2.45, 2.75) is 4.90 Å². The molecule has 1 aliphatic heterocycles. The molecule has 2 rings (SSSR count). The van der Waals surface area contributed by atoms with Crippen molar-refractivity contribution in [3.05, 3.63) is 17.3 Å². The maximum atomic E-state index is 5.94. The zero-order valence-electron chi connectivity index (χ0n) is 9.07. The minimum absolute atomic E-state index is 0.668. The van der Waals surface area contributed by atoms with Crippen molar-refractivity contribution in [1.29, 1.82) is 0 Å². The van der Waals surface area contributed by atoms with Gasteiger partial charge >= 0.3 is 0 Å².